The highest BCUT2D eigenvalue weighted by atomic mass is 32.1. The molecule has 0 bridgehead atoms. The van der Waals surface area contributed by atoms with Gasteiger partial charge in [-0.05, 0) is 12.8 Å². The second-order valence-electron chi connectivity index (χ2n) is 3.97. The molecule has 17 heavy (non-hydrogen) atoms. The van der Waals surface area contributed by atoms with E-state index in [1.165, 1.54) is 0 Å². The normalized spacial score (nSPS) is 24.0. The Kier molecular flexibility index (Phi) is 3.93. The van der Waals surface area contributed by atoms with Gasteiger partial charge in [0.15, 0.2) is 6.10 Å². The molecule has 1 aliphatic rings. The molecule has 1 aromatic rings. The summed E-state index contributed by atoms with van der Waals surface area (Å²) in [7, 11) is 0. The van der Waals surface area contributed by atoms with Gasteiger partial charge in [0, 0.05) is 24.2 Å². The van der Waals surface area contributed by atoms with Gasteiger partial charge in [-0.3, -0.25) is 4.79 Å². The molecule has 2 rings (SSSR count). The second kappa shape index (κ2) is 5.44. The van der Waals surface area contributed by atoms with Crippen molar-refractivity contribution in [2.45, 2.75) is 31.6 Å². The van der Waals surface area contributed by atoms with Crippen LogP contribution in [-0.4, -0.2) is 34.8 Å². The number of hydrogen-bond donors (Lipinski definition) is 3. The number of ether oxygens (including phenoxy) is 1. The largest absolute Gasteiger partial charge is 0.479 e. The van der Waals surface area contributed by atoms with E-state index in [-0.39, 0.29) is 11.0 Å². The summed E-state index contributed by atoms with van der Waals surface area (Å²) in [5.41, 5.74) is 0.841. The lowest BCUT2D eigenvalue weighted by molar-refractivity contribution is -0.149. The monoisotopic (exact) mass is 258 g/mol. The molecule has 94 valence electrons. The molecule has 2 atom stereocenters. The Morgan fingerprint density at radius 1 is 1.65 bits per heavy atom. The molecule has 0 spiro atoms. The number of carbonyl (C=O) groups is 1. The number of aliphatic carboxylic acids is 1. The predicted molar refractivity (Wildman–Crippen MR) is 62.2 cm³/mol. The van der Waals surface area contributed by atoms with Crippen LogP contribution in [0.1, 0.15) is 18.5 Å². The van der Waals surface area contributed by atoms with Crippen LogP contribution >= 0.6 is 11.3 Å². The molecule has 1 fully saturated rings. The number of nitrogens with one attached hydrogen (secondary N) is 2. The standard InChI is InChI=1S/C10H14N2O4S/c13-9(14)8-2-1-7(16-8)4-11-3-6-5-17-10(15)12-6/h5,7-8,11H,1-4H2,(H,12,15)(H,13,14). The molecule has 6 nitrogen and oxygen atoms in total. The van der Waals surface area contributed by atoms with Gasteiger partial charge in [-0.1, -0.05) is 11.3 Å². The Morgan fingerprint density at radius 2 is 2.47 bits per heavy atom. The van der Waals surface area contributed by atoms with Crippen molar-refractivity contribution in [2.24, 2.45) is 0 Å². The number of carboxylic acids is 1. The number of H-pyrrole nitrogens is 1. The lowest BCUT2D eigenvalue weighted by Gasteiger charge is -2.11. The molecular formula is C10H14N2O4S. The minimum Gasteiger partial charge on any atom is -0.479 e. The zero-order valence-electron chi connectivity index (χ0n) is 9.14. The van der Waals surface area contributed by atoms with Crippen molar-refractivity contribution in [1.82, 2.24) is 10.3 Å². The van der Waals surface area contributed by atoms with E-state index in [0.29, 0.717) is 19.5 Å². The first-order chi connectivity index (χ1) is 8.15. The SMILES string of the molecule is O=C(O)C1CCC(CNCc2csc(=O)[nH]2)O1. The number of hydrogen-bond acceptors (Lipinski definition) is 5. The zero-order valence-corrected chi connectivity index (χ0v) is 9.96. The van der Waals surface area contributed by atoms with Crippen LogP contribution in [-0.2, 0) is 16.1 Å². The molecule has 1 aromatic heterocycles. The molecule has 0 saturated carbocycles. The van der Waals surface area contributed by atoms with Gasteiger partial charge in [0.1, 0.15) is 0 Å². The van der Waals surface area contributed by atoms with Crippen molar-refractivity contribution in [3.63, 3.8) is 0 Å². The summed E-state index contributed by atoms with van der Waals surface area (Å²) in [6, 6.07) is 0. The number of rotatable bonds is 5. The second-order valence-corrected chi connectivity index (χ2v) is 4.81. The molecule has 2 heterocycles. The van der Waals surface area contributed by atoms with E-state index < -0.39 is 12.1 Å². The molecule has 0 radical (unpaired) electrons. The summed E-state index contributed by atoms with van der Waals surface area (Å²) in [6.45, 7) is 1.16. The maximum absolute atomic E-state index is 10.9. The van der Waals surface area contributed by atoms with E-state index in [0.717, 1.165) is 23.5 Å². The maximum atomic E-state index is 10.9. The summed E-state index contributed by atoms with van der Waals surface area (Å²) in [5, 5.41) is 13.7. The van der Waals surface area contributed by atoms with Gasteiger partial charge in [-0.2, -0.15) is 0 Å². The maximum Gasteiger partial charge on any atom is 0.332 e. The minimum absolute atomic E-state index is 0.0542. The number of aromatic amines is 1. The van der Waals surface area contributed by atoms with Gasteiger partial charge in [-0.25, -0.2) is 4.79 Å². The lowest BCUT2D eigenvalue weighted by Crippen LogP contribution is -2.28. The first-order valence-electron chi connectivity index (χ1n) is 5.41. The first-order valence-corrected chi connectivity index (χ1v) is 6.29. The van der Waals surface area contributed by atoms with E-state index in [1.807, 2.05) is 0 Å². The van der Waals surface area contributed by atoms with Gasteiger partial charge in [0.25, 0.3) is 0 Å². The summed E-state index contributed by atoms with van der Waals surface area (Å²) in [6.07, 6.45) is 0.602. The molecular weight excluding hydrogens is 244 g/mol. The highest BCUT2D eigenvalue weighted by Gasteiger charge is 2.29. The van der Waals surface area contributed by atoms with Crippen LogP contribution in [0.5, 0.6) is 0 Å². The highest BCUT2D eigenvalue weighted by molar-refractivity contribution is 7.07. The molecule has 1 saturated heterocycles. The van der Waals surface area contributed by atoms with E-state index in [1.54, 1.807) is 5.38 Å². The summed E-state index contributed by atoms with van der Waals surface area (Å²) in [4.78, 5) is 24.2. The number of thiazole rings is 1. The van der Waals surface area contributed by atoms with Crippen LogP contribution in [0.25, 0.3) is 0 Å². The fourth-order valence-corrected chi connectivity index (χ4v) is 2.39. The van der Waals surface area contributed by atoms with Gasteiger partial charge in [0.2, 0.25) is 0 Å². The first kappa shape index (κ1) is 12.3. The topological polar surface area (TPSA) is 91.4 Å². The van der Waals surface area contributed by atoms with Gasteiger partial charge >= 0.3 is 10.8 Å². The van der Waals surface area contributed by atoms with E-state index in [9.17, 15) is 9.59 Å². The van der Waals surface area contributed by atoms with Crippen LogP contribution in [0.2, 0.25) is 0 Å². The van der Waals surface area contributed by atoms with Crippen molar-refractivity contribution in [2.75, 3.05) is 6.54 Å². The molecule has 7 heteroatoms. The van der Waals surface area contributed by atoms with Gasteiger partial charge < -0.3 is 20.1 Å². The van der Waals surface area contributed by atoms with Gasteiger partial charge in [0.05, 0.1) is 6.10 Å². The third-order valence-electron chi connectivity index (χ3n) is 2.64. The minimum atomic E-state index is -0.894. The Hall–Kier alpha value is -1.18. The van der Waals surface area contributed by atoms with Crippen molar-refractivity contribution in [3.8, 4) is 0 Å². The van der Waals surface area contributed by atoms with Crippen LogP contribution in [0.15, 0.2) is 10.2 Å². The molecule has 2 unspecified atom stereocenters. The number of aromatic nitrogens is 1. The molecule has 0 aliphatic carbocycles. The quantitative estimate of drug-likeness (QED) is 0.699. The van der Waals surface area contributed by atoms with Crippen LogP contribution in [0.4, 0.5) is 0 Å². The summed E-state index contributed by atoms with van der Waals surface area (Å²) in [5.74, 6) is -0.894. The predicted octanol–water partition coefficient (Wildman–Crippen LogP) is 0.158. The fourth-order valence-electron chi connectivity index (χ4n) is 1.81. The Morgan fingerprint density at radius 3 is 3.06 bits per heavy atom. The Labute approximate surface area is 102 Å². The number of carboxylic acid groups (broad SMARTS) is 1. The van der Waals surface area contributed by atoms with Crippen LogP contribution in [0.3, 0.4) is 0 Å². The average Bonchev–Trinajstić information content (AvgIpc) is 2.88. The Bertz CT molecular complexity index is 442. The van der Waals surface area contributed by atoms with E-state index in [4.69, 9.17) is 9.84 Å². The highest BCUT2D eigenvalue weighted by Crippen LogP contribution is 2.19. The molecule has 0 aromatic carbocycles. The fraction of sp³-hybridized carbons (Fsp3) is 0.600. The third-order valence-corrected chi connectivity index (χ3v) is 3.36. The van der Waals surface area contributed by atoms with E-state index >= 15 is 0 Å². The van der Waals surface area contributed by atoms with Crippen LogP contribution < -0.4 is 10.2 Å². The van der Waals surface area contributed by atoms with Gasteiger partial charge in [-0.15, -0.1) is 0 Å². The van der Waals surface area contributed by atoms with Crippen molar-refractivity contribution in [3.05, 3.63) is 20.7 Å². The summed E-state index contributed by atoms with van der Waals surface area (Å²) < 4.78 is 5.33. The Balaban J connectivity index is 1.70. The smallest absolute Gasteiger partial charge is 0.332 e. The summed E-state index contributed by atoms with van der Waals surface area (Å²) >= 11 is 1.13. The van der Waals surface area contributed by atoms with Crippen molar-refractivity contribution >= 4 is 17.3 Å². The van der Waals surface area contributed by atoms with Crippen molar-refractivity contribution in [1.29, 1.82) is 0 Å². The third kappa shape index (κ3) is 3.39. The molecule has 0 amide bonds. The molecule has 3 N–H and O–H groups in total. The van der Waals surface area contributed by atoms with E-state index in [2.05, 4.69) is 10.3 Å². The lowest BCUT2D eigenvalue weighted by atomic mass is 10.2. The van der Waals surface area contributed by atoms with Crippen LogP contribution in [0, 0.1) is 0 Å². The molecule has 1 aliphatic heterocycles. The average molecular weight is 258 g/mol. The zero-order chi connectivity index (χ0) is 12.3. The van der Waals surface area contributed by atoms with Crippen molar-refractivity contribution < 1.29 is 14.6 Å².